The molecule has 128 valence electrons. The summed E-state index contributed by atoms with van der Waals surface area (Å²) in [4.78, 5) is 34.2. The molecule has 3 aromatic rings. The van der Waals surface area contributed by atoms with Gasteiger partial charge in [-0.3, -0.25) is 19.5 Å². The van der Waals surface area contributed by atoms with Gasteiger partial charge in [-0.1, -0.05) is 11.6 Å². The molecule has 1 amide bonds. The van der Waals surface area contributed by atoms with Crippen LogP contribution in [-0.4, -0.2) is 15.4 Å². The molecular weight excluding hydrogens is 357 g/mol. The second-order valence-corrected chi connectivity index (χ2v) is 5.45. The van der Waals surface area contributed by atoms with E-state index in [9.17, 15) is 24.1 Å². The molecule has 0 fully saturated rings. The molecular formula is C15H9ClFN3O5. The van der Waals surface area contributed by atoms with Crippen LogP contribution in [0.15, 0.2) is 45.6 Å². The summed E-state index contributed by atoms with van der Waals surface area (Å²) in [7, 11) is 0. The summed E-state index contributed by atoms with van der Waals surface area (Å²) in [6.07, 6.45) is 0. The van der Waals surface area contributed by atoms with E-state index in [2.05, 4.69) is 5.32 Å². The Morgan fingerprint density at radius 3 is 2.76 bits per heavy atom. The van der Waals surface area contributed by atoms with E-state index in [1.165, 1.54) is 24.3 Å². The van der Waals surface area contributed by atoms with Crippen LogP contribution in [0.2, 0.25) is 5.02 Å². The van der Waals surface area contributed by atoms with E-state index in [0.29, 0.717) is 0 Å². The number of halogens is 2. The van der Waals surface area contributed by atoms with Crippen LogP contribution in [0.1, 0.15) is 0 Å². The molecule has 1 heterocycles. The van der Waals surface area contributed by atoms with Gasteiger partial charge in [0.2, 0.25) is 5.91 Å². The van der Waals surface area contributed by atoms with Gasteiger partial charge in [0, 0.05) is 17.8 Å². The lowest BCUT2D eigenvalue weighted by atomic mass is 10.3. The van der Waals surface area contributed by atoms with Crippen LogP contribution < -0.4 is 11.1 Å². The molecule has 0 saturated heterocycles. The van der Waals surface area contributed by atoms with Gasteiger partial charge in [0.05, 0.1) is 15.5 Å². The molecule has 2 aromatic carbocycles. The van der Waals surface area contributed by atoms with Crippen molar-refractivity contribution in [2.24, 2.45) is 0 Å². The Bertz CT molecular complexity index is 1060. The molecule has 0 aliphatic carbocycles. The quantitative estimate of drug-likeness (QED) is 0.565. The summed E-state index contributed by atoms with van der Waals surface area (Å²) in [6.45, 7) is -0.442. The van der Waals surface area contributed by atoms with Crippen LogP contribution >= 0.6 is 11.6 Å². The van der Waals surface area contributed by atoms with Crippen molar-refractivity contribution in [1.82, 2.24) is 4.57 Å². The number of oxazole rings is 1. The number of hydrogen-bond acceptors (Lipinski definition) is 5. The van der Waals surface area contributed by atoms with Gasteiger partial charge in [0.15, 0.2) is 5.58 Å². The number of benzene rings is 2. The molecule has 1 N–H and O–H groups in total. The standard InChI is InChI=1S/C15H9ClFN3O5/c16-10-5-8(1-3-11(10)17)18-14(21)7-19-12-6-9(20(23)24)2-4-13(12)25-15(19)22/h1-6H,7H2,(H,18,21). The van der Waals surface area contributed by atoms with Crippen molar-refractivity contribution in [3.63, 3.8) is 0 Å². The molecule has 10 heteroatoms. The zero-order chi connectivity index (χ0) is 18.1. The van der Waals surface area contributed by atoms with Crippen LogP contribution in [0, 0.1) is 15.9 Å². The summed E-state index contributed by atoms with van der Waals surface area (Å²) >= 11 is 5.63. The first-order chi connectivity index (χ1) is 11.8. The number of fused-ring (bicyclic) bond motifs is 1. The topological polar surface area (TPSA) is 107 Å². The Labute approximate surface area is 143 Å². The number of non-ortho nitro benzene ring substituents is 1. The smallest absolute Gasteiger partial charge is 0.408 e. The van der Waals surface area contributed by atoms with Crippen molar-refractivity contribution in [2.75, 3.05) is 5.32 Å². The first-order valence-electron chi connectivity index (χ1n) is 6.88. The maximum atomic E-state index is 13.1. The molecule has 25 heavy (non-hydrogen) atoms. The van der Waals surface area contributed by atoms with Gasteiger partial charge in [0.1, 0.15) is 12.4 Å². The molecule has 8 nitrogen and oxygen atoms in total. The number of nitrogens with one attached hydrogen (secondary N) is 1. The van der Waals surface area contributed by atoms with Crippen molar-refractivity contribution in [1.29, 1.82) is 0 Å². The number of rotatable bonds is 4. The van der Waals surface area contributed by atoms with Crippen LogP contribution in [0.5, 0.6) is 0 Å². The summed E-state index contributed by atoms with van der Waals surface area (Å²) in [5.74, 6) is -2.08. The van der Waals surface area contributed by atoms with Crippen LogP contribution in [0.4, 0.5) is 15.8 Å². The van der Waals surface area contributed by atoms with E-state index in [-0.39, 0.29) is 27.5 Å². The second kappa shape index (κ2) is 6.36. The number of anilines is 1. The molecule has 3 rings (SSSR count). The highest BCUT2D eigenvalue weighted by Gasteiger charge is 2.16. The minimum atomic E-state index is -0.831. The molecule has 0 spiro atoms. The van der Waals surface area contributed by atoms with Gasteiger partial charge in [-0.15, -0.1) is 0 Å². The fourth-order valence-corrected chi connectivity index (χ4v) is 2.41. The average molecular weight is 366 g/mol. The molecule has 0 aliphatic rings. The Kier molecular flexibility index (Phi) is 4.24. The van der Waals surface area contributed by atoms with Crippen LogP contribution in [-0.2, 0) is 11.3 Å². The van der Waals surface area contributed by atoms with Gasteiger partial charge in [0.25, 0.3) is 5.69 Å². The van der Waals surface area contributed by atoms with Crippen molar-refractivity contribution >= 4 is 40.0 Å². The number of nitro benzene ring substituents is 1. The Morgan fingerprint density at radius 1 is 1.32 bits per heavy atom. The van der Waals surface area contributed by atoms with Crippen molar-refractivity contribution in [2.45, 2.75) is 6.54 Å². The minimum Gasteiger partial charge on any atom is -0.408 e. The Balaban J connectivity index is 1.88. The van der Waals surface area contributed by atoms with E-state index in [0.717, 1.165) is 16.7 Å². The number of carbonyl (C=O) groups excluding carboxylic acids is 1. The highest BCUT2D eigenvalue weighted by atomic mass is 35.5. The van der Waals surface area contributed by atoms with Gasteiger partial charge in [-0.05, 0) is 24.3 Å². The fourth-order valence-electron chi connectivity index (χ4n) is 2.23. The lowest BCUT2D eigenvalue weighted by Gasteiger charge is -2.06. The molecule has 1 aromatic heterocycles. The molecule has 0 unspecified atom stereocenters. The van der Waals surface area contributed by atoms with Gasteiger partial charge >= 0.3 is 5.76 Å². The van der Waals surface area contributed by atoms with E-state index < -0.39 is 28.9 Å². The summed E-state index contributed by atoms with van der Waals surface area (Å²) in [6, 6.07) is 7.22. The van der Waals surface area contributed by atoms with E-state index in [1.54, 1.807) is 0 Å². The highest BCUT2D eigenvalue weighted by molar-refractivity contribution is 6.31. The number of nitro groups is 1. The van der Waals surface area contributed by atoms with Crippen LogP contribution in [0.25, 0.3) is 11.1 Å². The van der Waals surface area contributed by atoms with Crippen molar-refractivity contribution < 1.29 is 18.5 Å². The third-order valence-electron chi connectivity index (χ3n) is 3.37. The normalized spacial score (nSPS) is 10.8. The minimum absolute atomic E-state index is 0.117. The second-order valence-electron chi connectivity index (χ2n) is 5.04. The van der Waals surface area contributed by atoms with Gasteiger partial charge in [-0.25, -0.2) is 9.18 Å². The average Bonchev–Trinajstić information content (AvgIpc) is 2.86. The maximum Gasteiger partial charge on any atom is 0.420 e. The highest BCUT2D eigenvalue weighted by Crippen LogP contribution is 2.21. The Morgan fingerprint density at radius 2 is 2.08 bits per heavy atom. The number of amides is 1. The molecule has 0 atom stereocenters. The lowest BCUT2D eigenvalue weighted by Crippen LogP contribution is -2.24. The van der Waals surface area contributed by atoms with Gasteiger partial charge in [-0.2, -0.15) is 0 Å². The summed E-state index contributed by atoms with van der Waals surface area (Å²) < 4.78 is 19.0. The first-order valence-corrected chi connectivity index (χ1v) is 7.25. The number of carbonyl (C=O) groups is 1. The maximum absolute atomic E-state index is 13.1. The van der Waals surface area contributed by atoms with Gasteiger partial charge < -0.3 is 9.73 Å². The first kappa shape index (κ1) is 16.7. The predicted molar refractivity (Wildman–Crippen MR) is 87.2 cm³/mol. The van der Waals surface area contributed by atoms with E-state index >= 15 is 0 Å². The number of nitrogens with zero attached hydrogens (tertiary/aromatic N) is 2. The predicted octanol–water partition coefficient (Wildman–Crippen LogP) is 2.93. The largest absolute Gasteiger partial charge is 0.420 e. The third kappa shape index (κ3) is 3.36. The van der Waals surface area contributed by atoms with Crippen molar-refractivity contribution in [3.05, 3.63) is 67.9 Å². The summed E-state index contributed by atoms with van der Waals surface area (Å²) in [5, 5.41) is 13.1. The summed E-state index contributed by atoms with van der Waals surface area (Å²) in [5.41, 5.74) is 0.232. The van der Waals surface area contributed by atoms with Crippen molar-refractivity contribution in [3.8, 4) is 0 Å². The van der Waals surface area contributed by atoms with E-state index in [1.807, 2.05) is 0 Å². The van der Waals surface area contributed by atoms with Crippen LogP contribution in [0.3, 0.4) is 0 Å². The number of aromatic nitrogens is 1. The molecule has 0 saturated carbocycles. The molecule has 0 aliphatic heterocycles. The Hall–Kier alpha value is -3.20. The van der Waals surface area contributed by atoms with E-state index in [4.69, 9.17) is 16.0 Å². The SMILES string of the molecule is O=C(Cn1c(=O)oc2ccc([N+](=O)[O-])cc21)Nc1ccc(F)c(Cl)c1. The lowest BCUT2D eigenvalue weighted by molar-refractivity contribution is -0.384. The molecule has 0 radical (unpaired) electrons. The third-order valence-corrected chi connectivity index (χ3v) is 3.66. The zero-order valence-corrected chi connectivity index (χ0v) is 13.1. The molecule has 0 bridgehead atoms. The number of hydrogen-bond donors (Lipinski definition) is 1. The monoisotopic (exact) mass is 365 g/mol. The zero-order valence-electron chi connectivity index (χ0n) is 12.4. The fraction of sp³-hybridized carbons (Fsp3) is 0.0667.